The number of amides is 2. The zero-order chi connectivity index (χ0) is 28.8. The quantitative estimate of drug-likeness (QED) is 0.289. The van der Waals surface area contributed by atoms with E-state index in [4.69, 9.17) is 25.5 Å². The van der Waals surface area contributed by atoms with Crippen molar-refractivity contribution in [3.05, 3.63) is 89.3 Å². The number of aromatic nitrogens is 2. The summed E-state index contributed by atoms with van der Waals surface area (Å²) in [5.41, 5.74) is 1.84. The van der Waals surface area contributed by atoms with E-state index >= 15 is 0 Å². The molecule has 1 fully saturated rings. The number of benzene rings is 2. The van der Waals surface area contributed by atoms with Gasteiger partial charge in [-0.1, -0.05) is 23.7 Å². The van der Waals surface area contributed by atoms with Crippen LogP contribution < -0.4 is 14.4 Å². The SMILES string of the molecule is COc1ccc(-c2ccc(N3CCN(C(=O)CN(Cc4ccco4)C(=O)c4ccccc4Cl)CC3)nn2)c(OC)c1. The van der Waals surface area contributed by atoms with Crippen molar-refractivity contribution in [1.82, 2.24) is 20.0 Å². The number of methoxy groups -OCH3 is 2. The van der Waals surface area contributed by atoms with Gasteiger partial charge in [-0.2, -0.15) is 0 Å². The van der Waals surface area contributed by atoms with Gasteiger partial charge in [0.15, 0.2) is 5.82 Å². The minimum Gasteiger partial charge on any atom is -0.497 e. The number of hydrogen-bond acceptors (Lipinski definition) is 8. The Morgan fingerprint density at radius 3 is 2.41 bits per heavy atom. The average Bonchev–Trinajstić information content (AvgIpc) is 3.53. The molecule has 5 rings (SSSR count). The molecule has 0 unspecified atom stereocenters. The Balaban J connectivity index is 1.22. The fourth-order valence-corrected chi connectivity index (χ4v) is 4.91. The molecule has 0 aliphatic carbocycles. The van der Waals surface area contributed by atoms with Crippen LogP contribution in [0.25, 0.3) is 11.3 Å². The molecule has 0 N–H and O–H groups in total. The molecule has 2 aromatic carbocycles. The van der Waals surface area contributed by atoms with Crippen molar-refractivity contribution in [2.75, 3.05) is 51.8 Å². The summed E-state index contributed by atoms with van der Waals surface area (Å²) in [6.07, 6.45) is 1.54. The summed E-state index contributed by atoms with van der Waals surface area (Å²) in [5.74, 6) is 2.17. The molecule has 4 aromatic rings. The molecule has 0 saturated carbocycles. The number of hydrogen-bond donors (Lipinski definition) is 0. The van der Waals surface area contributed by atoms with Gasteiger partial charge < -0.3 is 28.6 Å². The smallest absolute Gasteiger partial charge is 0.256 e. The predicted octanol–water partition coefficient (Wildman–Crippen LogP) is 4.40. The minimum absolute atomic E-state index is 0.0943. The molecule has 0 radical (unpaired) electrons. The number of carbonyl (C=O) groups is 2. The maximum atomic E-state index is 13.3. The summed E-state index contributed by atoms with van der Waals surface area (Å²) < 4.78 is 16.2. The number of carbonyl (C=O) groups excluding carboxylic acids is 2. The molecule has 41 heavy (non-hydrogen) atoms. The topological polar surface area (TPSA) is 101 Å². The van der Waals surface area contributed by atoms with E-state index in [-0.39, 0.29) is 24.9 Å². The molecule has 2 aromatic heterocycles. The van der Waals surface area contributed by atoms with Gasteiger partial charge in [-0.15, -0.1) is 10.2 Å². The minimum atomic E-state index is -0.331. The van der Waals surface area contributed by atoms with Crippen molar-refractivity contribution in [3.8, 4) is 22.8 Å². The Hall–Kier alpha value is -4.57. The number of furan rings is 1. The van der Waals surface area contributed by atoms with E-state index in [2.05, 4.69) is 15.1 Å². The lowest BCUT2D eigenvalue weighted by Crippen LogP contribution is -2.52. The molecule has 10 nitrogen and oxygen atoms in total. The van der Waals surface area contributed by atoms with E-state index in [9.17, 15) is 9.59 Å². The Kier molecular flexibility index (Phi) is 8.69. The zero-order valence-electron chi connectivity index (χ0n) is 22.8. The van der Waals surface area contributed by atoms with Crippen LogP contribution in [0.3, 0.4) is 0 Å². The van der Waals surface area contributed by atoms with Crippen molar-refractivity contribution < 1.29 is 23.5 Å². The third-order valence-electron chi connectivity index (χ3n) is 6.94. The van der Waals surface area contributed by atoms with Crippen LogP contribution >= 0.6 is 11.6 Å². The number of halogens is 1. The molecule has 0 bridgehead atoms. The zero-order valence-corrected chi connectivity index (χ0v) is 23.6. The number of nitrogens with zero attached hydrogens (tertiary/aromatic N) is 5. The van der Waals surface area contributed by atoms with Crippen LogP contribution in [0.4, 0.5) is 5.82 Å². The van der Waals surface area contributed by atoms with Crippen LogP contribution in [-0.2, 0) is 11.3 Å². The summed E-state index contributed by atoms with van der Waals surface area (Å²) >= 11 is 6.28. The Bertz CT molecular complexity index is 1490. The van der Waals surface area contributed by atoms with Gasteiger partial charge in [0.2, 0.25) is 5.91 Å². The summed E-state index contributed by atoms with van der Waals surface area (Å²) in [7, 11) is 3.21. The van der Waals surface area contributed by atoms with E-state index in [1.807, 2.05) is 24.3 Å². The molecule has 0 spiro atoms. The van der Waals surface area contributed by atoms with Gasteiger partial charge in [-0.05, 0) is 48.5 Å². The number of piperazine rings is 1. The summed E-state index contributed by atoms with van der Waals surface area (Å²) in [6.45, 7) is 2.21. The molecule has 11 heteroatoms. The van der Waals surface area contributed by atoms with Gasteiger partial charge in [0, 0.05) is 37.8 Å². The van der Waals surface area contributed by atoms with Crippen LogP contribution in [0.2, 0.25) is 5.02 Å². The van der Waals surface area contributed by atoms with Crippen molar-refractivity contribution in [1.29, 1.82) is 0 Å². The highest BCUT2D eigenvalue weighted by molar-refractivity contribution is 6.33. The maximum absolute atomic E-state index is 13.3. The first-order valence-corrected chi connectivity index (χ1v) is 13.5. The highest BCUT2D eigenvalue weighted by Gasteiger charge is 2.27. The van der Waals surface area contributed by atoms with Gasteiger partial charge in [0.05, 0.1) is 43.3 Å². The second-order valence-corrected chi connectivity index (χ2v) is 9.84. The normalized spacial score (nSPS) is 13.1. The highest BCUT2D eigenvalue weighted by atomic mass is 35.5. The van der Waals surface area contributed by atoms with Crippen LogP contribution in [0, 0.1) is 0 Å². The standard InChI is InChI=1S/C30H30ClN5O5/c1-39-21-9-10-24(27(18-21)40-2)26-11-12-28(33-32-26)34-13-15-35(16-14-34)29(37)20-36(19-22-6-5-17-41-22)30(38)23-7-3-4-8-25(23)31/h3-12,17-18H,13-16,19-20H2,1-2H3. The van der Waals surface area contributed by atoms with E-state index in [0.717, 1.165) is 11.4 Å². The highest BCUT2D eigenvalue weighted by Crippen LogP contribution is 2.32. The Labute approximate surface area is 243 Å². The van der Waals surface area contributed by atoms with Gasteiger partial charge in [0.25, 0.3) is 5.91 Å². The fraction of sp³-hybridized carbons (Fsp3) is 0.267. The summed E-state index contributed by atoms with van der Waals surface area (Å²) in [5, 5.41) is 9.18. The lowest BCUT2D eigenvalue weighted by atomic mass is 10.1. The van der Waals surface area contributed by atoms with E-state index in [1.54, 1.807) is 61.6 Å². The third kappa shape index (κ3) is 6.44. The molecular formula is C30H30ClN5O5. The lowest BCUT2D eigenvalue weighted by molar-refractivity contribution is -0.132. The first-order chi connectivity index (χ1) is 20.0. The van der Waals surface area contributed by atoms with Gasteiger partial charge in [-0.25, -0.2) is 0 Å². The third-order valence-corrected chi connectivity index (χ3v) is 7.27. The molecule has 1 aliphatic rings. The molecule has 1 aliphatic heterocycles. The molecule has 0 atom stereocenters. The van der Waals surface area contributed by atoms with Crippen LogP contribution in [-0.4, -0.2) is 78.8 Å². The molecule has 2 amide bonds. The van der Waals surface area contributed by atoms with Crippen LogP contribution in [0.1, 0.15) is 16.1 Å². The van der Waals surface area contributed by atoms with Gasteiger partial charge in [0.1, 0.15) is 23.8 Å². The molecule has 1 saturated heterocycles. The van der Waals surface area contributed by atoms with Gasteiger partial charge in [-0.3, -0.25) is 9.59 Å². The fourth-order valence-electron chi connectivity index (χ4n) is 4.69. The molecule has 212 valence electrons. The van der Waals surface area contributed by atoms with E-state index in [1.165, 1.54) is 11.2 Å². The van der Waals surface area contributed by atoms with Crippen LogP contribution in [0.15, 0.2) is 77.4 Å². The molecular weight excluding hydrogens is 546 g/mol. The number of rotatable bonds is 9. The van der Waals surface area contributed by atoms with Crippen molar-refractivity contribution >= 4 is 29.2 Å². The Morgan fingerprint density at radius 2 is 1.76 bits per heavy atom. The van der Waals surface area contributed by atoms with Crippen LogP contribution in [0.5, 0.6) is 11.5 Å². The van der Waals surface area contributed by atoms with Gasteiger partial charge >= 0.3 is 0 Å². The molecule has 3 heterocycles. The number of ether oxygens (including phenoxy) is 2. The van der Waals surface area contributed by atoms with Crippen molar-refractivity contribution in [3.63, 3.8) is 0 Å². The Morgan fingerprint density at radius 1 is 0.951 bits per heavy atom. The van der Waals surface area contributed by atoms with E-state index < -0.39 is 0 Å². The number of anilines is 1. The first kappa shape index (κ1) is 28.0. The van der Waals surface area contributed by atoms with Crippen molar-refractivity contribution in [2.45, 2.75) is 6.54 Å². The predicted molar refractivity (Wildman–Crippen MR) is 154 cm³/mol. The second-order valence-electron chi connectivity index (χ2n) is 9.43. The summed E-state index contributed by atoms with van der Waals surface area (Å²) in [4.78, 5) is 32.0. The first-order valence-electron chi connectivity index (χ1n) is 13.1. The largest absolute Gasteiger partial charge is 0.497 e. The second kappa shape index (κ2) is 12.7. The summed E-state index contributed by atoms with van der Waals surface area (Å²) in [6, 6.07) is 19.7. The lowest BCUT2D eigenvalue weighted by Gasteiger charge is -2.36. The van der Waals surface area contributed by atoms with E-state index in [0.29, 0.717) is 59.7 Å². The van der Waals surface area contributed by atoms with Crippen molar-refractivity contribution in [2.24, 2.45) is 0 Å². The monoisotopic (exact) mass is 575 g/mol. The maximum Gasteiger partial charge on any atom is 0.256 e. The average molecular weight is 576 g/mol.